The molecule has 132 valence electrons. The number of guanidine groups is 1. The smallest absolute Gasteiger partial charge is 0.222 e. The third-order valence-corrected chi connectivity index (χ3v) is 4.13. The maximum Gasteiger partial charge on any atom is 0.222 e. The Hall–Kier alpha value is -2.24. The number of methoxy groups -OCH3 is 1. The van der Waals surface area contributed by atoms with Gasteiger partial charge in [-0.15, -0.1) is 0 Å². The fourth-order valence-electron chi connectivity index (χ4n) is 2.84. The number of amides is 1. The largest absolute Gasteiger partial charge is 0.496 e. The number of nitrogens with zero attached hydrogens (tertiary/aromatic N) is 2. The molecule has 1 amide bonds. The highest BCUT2D eigenvalue weighted by Gasteiger charge is 2.25. The summed E-state index contributed by atoms with van der Waals surface area (Å²) in [5.74, 6) is 1.84. The van der Waals surface area contributed by atoms with Gasteiger partial charge in [0.2, 0.25) is 5.91 Å². The van der Waals surface area contributed by atoms with Crippen LogP contribution in [0.3, 0.4) is 0 Å². The molecular formula is C18H28N4O2. The first-order valence-corrected chi connectivity index (χ1v) is 8.62. The summed E-state index contributed by atoms with van der Waals surface area (Å²) in [6, 6.07) is 8.14. The molecule has 2 N–H and O–H groups in total. The summed E-state index contributed by atoms with van der Waals surface area (Å²) >= 11 is 0. The first-order chi connectivity index (χ1) is 11.7. The molecule has 0 saturated carbocycles. The molecule has 0 spiro atoms. The molecule has 1 fully saturated rings. The van der Waals surface area contributed by atoms with Gasteiger partial charge in [-0.05, 0) is 19.4 Å². The van der Waals surface area contributed by atoms with Crippen molar-refractivity contribution >= 4 is 11.9 Å². The van der Waals surface area contributed by atoms with Gasteiger partial charge in [0.05, 0.1) is 13.7 Å². The summed E-state index contributed by atoms with van der Waals surface area (Å²) in [6.07, 6.45) is 1.51. The van der Waals surface area contributed by atoms with Gasteiger partial charge in [0.1, 0.15) is 5.75 Å². The number of carbonyl (C=O) groups is 1. The molecule has 1 aromatic rings. The van der Waals surface area contributed by atoms with Crippen molar-refractivity contribution in [1.29, 1.82) is 0 Å². The lowest BCUT2D eigenvalue weighted by atomic mass is 10.2. The van der Waals surface area contributed by atoms with Crippen molar-refractivity contribution in [2.75, 3.05) is 26.7 Å². The monoisotopic (exact) mass is 332 g/mol. The van der Waals surface area contributed by atoms with Crippen LogP contribution in [0, 0.1) is 0 Å². The fourth-order valence-corrected chi connectivity index (χ4v) is 2.84. The summed E-state index contributed by atoms with van der Waals surface area (Å²) in [5.41, 5.74) is 1.05. The van der Waals surface area contributed by atoms with Gasteiger partial charge in [0.25, 0.3) is 0 Å². The average molecular weight is 332 g/mol. The van der Waals surface area contributed by atoms with Crippen molar-refractivity contribution in [3.8, 4) is 5.75 Å². The van der Waals surface area contributed by atoms with Crippen LogP contribution in [0.25, 0.3) is 0 Å². The van der Waals surface area contributed by atoms with Crippen LogP contribution in [0.15, 0.2) is 29.3 Å². The number of para-hydroxylation sites is 1. The number of benzene rings is 1. The summed E-state index contributed by atoms with van der Waals surface area (Å²) in [7, 11) is 1.67. The molecule has 1 saturated heterocycles. The maximum absolute atomic E-state index is 11.8. The molecule has 24 heavy (non-hydrogen) atoms. The van der Waals surface area contributed by atoms with Gasteiger partial charge < -0.3 is 20.3 Å². The van der Waals surface area contributed by atoms with Crippen LogP contribution in [-0.2, 0) is 11.3 Å². The zero-order valence-corrected chi connectivity index (χ0v) is 14.8. The van der Waals surface area contributed by atoms with E-state index in [4.69, 9.17) is 4.74 Å². The van der Waals surface area contributed by atoms with Gasteiger partial charge in [0.15, 0.2) is 5.96 Å². The van der Waals surface area contributed by atoms with Gasteiger partial charge >= 0.3 is 0 Å². The molecular weight excluding hydrogens is 304 g/mol. The van der Waals surface area contributed by atoms with Gasteiger partial charge in [-0.1, -0.05) is 25.1 Å². The number of aliphatic imine (C=N–C) groups is 1. The highest BCUT2D eigenvalue weighted by Crippen LogP contribution is 2.18. The lowest BCUT2D eigenvalue weighted by Crippen LogP contribution is -2.45. The quantitative estimate of drug-likeness (QED) is 0.615. The molecule has 0 aliphatic carbocycles. The van der Waals surface area contributed by atoms with E-state index in [1.807, 2.05) is 43.0 Å². The maximum atomic E-state index is 11.8. The van der Waals surface area contributed by atoms with E-state index in [9.17, 15) is 4.79 Å². The zero-order valence-electron chi connectivity index (χ0n) is 14.8. The van der Waals surface area contributed by atoms with Gasteiger partial charge in [-0.3, -0.25) is 4.79 Å². The van der Waals surface area contributed by atoms with Gasteiger partial charge in [0, 0.05) is 37.7 Å². The predicted octanol–water partition coefficient (Wildman–Crippen LogP) is 1.76. The van der Waals surface area contributed by atoms with Gasteiger partial charge in [-0.25, -0.2) is 4.99 Å². The highest BCUT2D eigenvalue weighted by molar-refractivity contribution is 5.80. The Labute approximate surface area is 144 Å². The first-order valence-electron chi connectivity index (χ1n) is 8.62. The van der Waals surface area contributed by atoms with Crippen LogP contribution in [0.1, 0.15) is 32.3 Å². The van der Waals surface area contributed by atoms with Crippen LogP contribution in [0.4, 0.5) is 0 Å². The first kappa shape index (κ1) is 18.1. The predicted molar refractivity (Wildman–Crippen MR) is 96.2 cm³/mol. The molecule has 0 radical (unpaired) electrons. The van der Waals surface area contributed by atoms with Crippen molar-refractivity contribution in [3.63, 3.8) is 0 Å². The Morgan fingerprint density at radius 1 is 1.38 bits per heavy atom. The number of likely N-dealkylation sites (tertiary alicyclic amines) is 1. The molecule has 1 atom stereocenters. The minimum atomic E-state index is 0.218. The third-order valence-electron chi connectivity index (χ3n) is 4.13. The molecule has 0 aromatic heterocycles. The Kier molecular flexibility index (Phi) is 6.90. The summed E-state index contributed by atoms with van der Waals surface area (Å²) in [6.45, 7) is 6.84. The molecule has 1 heterocycles. The van der Waals surface area contributed by atoms with E-state index in [-0.39, 0.29) is 11.9 Å². The van der Waals surface area contributed by atoms with Crippen molar-refractivity contribution in [2.45, 2.75) is 39.3 Å². The lowest BCUT2D eigenvalue weighted by Gasteiger charge is -2.18. The van der Waals surface area contributed by atoms with Crippen LogP contribution in [0.2, 0.25) is 0 Å². The summed E-state index contributed by atoms with van der Waals surface area (Å²) < 4.78 is 5.37. The SMILES string of the molecule is CCNC(=NCc1ccccc1OC)NC1CCN(C(=O)CC)C1. The second kappa shape index (κ2) is 9.15. The zero-order chi connectivity index (χ0) is 17.4. The van der Waals surface area contributed by atoms with Gasteiger partial charge in [-0.2, -0.15) is 0 Å². The van der Waals surface area contributed by atoms with Crippen molar-refractivity contribution in [2.24, 2.45) is 4.99 Å². The van der Waals surface area contributed by atoms with Crippen LogP contribution < -0.4 is 15.4 Å². The topological polar surface area (TPSA) is 66.0 Å². The Bertz CT molecular complexity index is 574. The van der Waals surface area contributed by atoms with E-state index in [1.54, 1.807) is 7.11 Å². The second-order valence-corrected chi connectivity index (χ2v) is 5.83. The number of ether oxygens (including phenoxy) is 1. The Balaban J connectivity index is 1.97. The van der Waals surface area contributed by atoms with Crippen molar-refractivity contribution in [1.82, 2.24) is 15.5 Å². The minimum Gasteiger partial charge on any atom is -0.496 e. The molecule has 2 rings (SSSR count). The average Bonchev–Trinajstić information content (AvgIpc) is 3.08. The van der Waals surface area contributed by atoms with E-state index in [2.05, 4.69) is 15.6 Å². The van der Waals surface area contributed by atoms with Crippen molar-refractivity contribution in [3.05, 3.63) is 29.8 Å². The number of hydrogen-bond acceptors (Lipinski definition) is 3. The van der Waals surface area contributed by atoms with Crippen LogP contribution in [0.5, 0.6) is 5.75 Å². The molecule has 1 unspecified atom stereocenters. The molecule has 0 bridgehead atoms. The molecule has 1 aromatic carbocycles. The van der Waals surface area contributed by atoms with E-state index in [1.165, 1.54) is 0 Å². The molecule has 1 aliphatic rings. The van der Waals surface area contributed by atoms with Crippen LogP contribution in [-0.4, -0.2) is 49.6 Å². The molecule has 6 nitrogen and oxygen atoms in total. The van der Waals surface area contributed by atoms with E-state index < -0.39 is 0 Å². The number of hydrogen-bond donors (Lipinski definition) is 2. The fraction of sp³-hybridized carbons (Fsp3) is 0.556. The summed E-state index contributed by atoms with van der Waals surface area (Å²) in [4.78, 5) is 18.4. The Morgan fingerprint density at radius 3 is 2.88 bits per heavy atom. The van der Waals surface area contributed by atoms with E-state index in [0.29, 0.717) is 13.0 Å². The minimum absolute atomic E-state index is 0.218. The highest BCUT2D eigenvalue weighted by atomic mass is 16.5. The normalized spacial score (nSPS) is 17.7. The van der Waals surface area contributed by atoms with E-state index >= 15 is 0 Å². The number of carbonyl (C=O) groups excluding carboxylic acids is 1. The lowest BCUT2D eigenvalue weighted by molar-refractivity contribution is -0.129. The third kappa shape index (κ3) is 4.88. The van der Waals surface area contributed by atoms with Crippen LogP contribution >= 0.6 is 0 Å². The van der Waals surface area contributed by atoms with E-state index in [0.717, 1.165) is 43.3 Å². The Morgan fingerprint density at radius 2 is 2.17 bits per heavy atom. The summed E-state index contributed by atoms with van der Waals surface area (Å²) in [5, 5.41) is 6.71. The number of nitrogens with one attached hydrogen (secondary N) is 2. The number of rotatable bonds is 6. The second-order valence-electron chi connectivity index (χ2n) is 5.83. The van der Waals surface area contributed by atoms with Crippen molar-refractivity contribution < 1.29 is 9.53 Å². The molecule has 6 heteroatoms. The standard InChI is InChI=1S/C18H28N4O2/c1-4-17(23)22-11-10-15(13-22)21-18(19-5-2)20-12-14-8-6-7-9-16(14)24-3/h6-9,15H,4-5,10-13H2,1-3H3,(H2,19,20,21). The molecule has 1 aliphatic heterocycles.